The second-order valence-corrected chi connectivity index (χ2v) is 9.58. The summed E-state index contributed by atoms with van der Waals surface area (Å²) in [6.07, 6.45) is 1.92. The number of hydrogen-bond donors (Lipinski definition) is 0. The fourth-order valence-electron chi connectivity index (χ4n) is 4.20. The van der Waals surface area contributed by atoms with Crippen LogP contribution in [0.1, 0.15) is 24.7 Å². The van der Waals surface area contributed by atoms with E-state index < -0.39 is 5.82 Å². The second-order valence-electron chi connectivity index (χ2n) is 8.27. The minimum Gasteiger partial charge on any atom is -0.483 e. The van der Waals surface area contributed by atoms with E-state index >= 15 is 0 Å². The smallest absolute Gasteiger partial charge is 0.240 e. The molecule has 0 aliphatic carbocycles. The molecule has 6 nitrogen and oxygen atoms in total. The topological polar surface area (TPSA) is 60.3 Å². The number of benzene rings is 3. The summed E-state index contributed by atoms with van der Waals surface area (Å²) in [5.74, 6) is 0.268. The number of aromatic nitrogens is 3. The Morgan fingerprint density at radius 3 is 2.60 bits per heavy atom. The molecule has 0 saturated carbocycles. The van der Waals surface area contributed by atoms with Crippen LogP contribution in [0.5, 0.6) is 5.75 Å². The highest BCUT2D eigenvalue weighted by Crippen LogP contribution is 2.32. The van der Waals surface area contributed by atoms with Gasteiger partial charge in [0.1, 0.15) is 6.61 Å². The number of rotatable bonds is 7. The van der Waals surface area contributed by atoms with Crippen LogP contribution in [-0.2, 0) is 17.8 Å². The molecule has 8 heteroatoms. The van der Waals surface area contributed by atoms with Crippen molar-refractivity contribution in [3.63, 3.8) is 0 Å². The van der Waals surface area contributed by atoms with Crippen LogP contribution in [0.2, 0.25) is 0 Å². The first-order valence-electron chi connectivity index (χ1n) is 11.5. The van der Waals surface area contributed by atoms with Gasteiger partial charge in [-0.25, -0.2) is 4.39 Å². The minimum absolute atomic E-state index is 0.0330. The largest absolute Gasteiger partial charge is 0.483 e. The Balaban J connectivity index is 1.40. The molecule has 4 aromatic rings. The first-order chi connectivity index (χ1) is 17.1. The summed E-state index contributed by atoms with van der Waals surface area (Å²) in [6.45, 7) is 2.63. The van der Waals surface area contributed by atoms with E-state index in [1.165, 1.54) is 23.4 Å². The number of nitrogens with zero attached hydrogens (tertiary/aromatic N) is 4. The van der Waals surface area contributed by atoms with Gasteiger partial charge in [-0.3, -0.25) is 9.36 Å². The molecule has 1 atom stereocenters. The second kappa shape index (κ2) is 10.3. The molecule has 0 bridgehead atoms. The zero-order valence-corrected chi connectivity index (χ0v) is 20.1. The molecule has 2 heterocycles. The van der Waals surface area contributed by atoms with E-state index in [-0.39, 0.29) is 23.5 Å². The van der Waals surface area contributed by atoms with E-state index in [1.54, 1.807) is 18.2 Å². The molecule has 1 amide bonds. The molecule has 0 unspecified atom stereocenters. The van der Waals surface area contributed by atoms with Gasteiger partial charge in [0.2, 0.25) is 5.91 Å². The van der Waals surface area contributed by atoms with Crippen molar-refractivity contribution < 1.29 is 13.9 Å². The Morgan fingerprint density at radius 1 is 1.03 bits per heavy atom. The van der Waals surface area contributed by atoms with E-state index in [4.69, 9.17) is 4.74 Å². The summed E-state index contributed by atoms with van der Waals surface area (Å²) in [5, 5.41) is 8.89. The highest BCUT2D eigenvalue weighted by Gasteiger charge is 2.28. The van der Waals surface area contributed by atoms with Crippen molar-refractivity contribution in [1.29, 1.82) is 0 Å². The number of anilines is 1. The van der Waals surface area contributed by atoms with Gasteiger partial charge in [-0.1, -0.05) is 60.3 Å². The lowest BCUT2D eigenvalue weighted by molar-refractivity contribution is -0.117. The molecule has 5 rings (SSSR count). The average molecular weight is 489 g/mol. The third kappa shape index (κ3) is 4.93. The van der Waals surface area contributed by atoms with Gasteiger partial charge in [-0.15, -0.1) is 10.2 Å². The zero-order chi connectivity index (χ0) is 24.2. The van der Waals surface area contributed by atoms with Crippen molar-refractivity contribution in [1.82, 2.24) is 14.8 Å². The van der Waals surface area contributed by atoms with Crippen molar-refractivity contribution in [2.24, 2.45) is 0 Å². The van der Waals surface area contributed by atoms with E-state index in [2.05, 4.69) is 16.3 Å². The average Bonchev–Trinajstić information content (AvgIpc) is 3.30. The maximum absolute atomic E-state index is 14.1. The number of aryl methyl sites for hydroxylation is 1. The summed E-state index contributed by atoms with van der Waals surface area (Å²) in [5.41, 5.74) is 3.03. The van der Waals surface area contributed by atoms with Gasteiger partial charge < -0.3 is 9.64 Å². The third-order valence-corrected chi connectivity index (χ3v) is 6.94. The van der Waals surface area contributed by atoms with Crippen LogP contribution in [0, 0.1) is 5.82 Å². The number of halogens is 1. The standard InChI is InChI=1S/C27H25FN4O2S/c1-19(26(33)31-17-9-11-20-10-5-7-15-23(20)31)35-27-30-29-25(32(27)21-12-3-2-4-13-21)18-34-24-16-8-6-14-22(24)28/h2-8,10,12-16,19H,9,11,17-18H2,1H3/t19-/m0/s1. The Labute approximate surface area is 207 Å². The fourth-order valence-corrected chi connectivity index (χ4v) is 5.15. The number of hydrogen-bond acceptors (Lipinski definition) is 5. The SMILES string of the molecule is C[C@H](Sc1nnc(COc2ccccc2F)n1-c1ccccc1)C(=O)N1CCCc2ccccc21. The van der Waals surface area contributed by atoms with Crippen molar-refractivity contribution in [2.75, 3.05) is 11.4 Å². The molecule has 0 spiro atoms. The number of amides is 1. The molecular formula is C27H25FN4O2S. The van der Waals surface area contributed by atoms with Gasteiger partial charge >= 0.3 is 0 Å². The van der Waals surface area contributed by atoms with Crippen LogP contribution < -0.4 is 9.64 Å². The molecule has 1 aromatic heterocycles. The highest BCUT2D eigenvalue weighted by molar-refractivity contribution is 8.00. The van der Waals surface area contributed by atoms with E-state index in [0.29, 0.717) is 17.5 Å². The van der Waals surface area contributed by atoms with Crippen LogP contribution in [0.25, 0.3) is 5.69 Å². The third-order valence-electron chi connectivity index (χ3n) is 5.91. The first kappa shape index (κ1) is 23.1. The monoisotopic (exact) mass is 488 g/mol. The summed E-state index contributed by atoms with van der Waals surface area (Å²) in [6, 6.07) is 24.0. The Bertz CT molecular complexity index is 1330. The van der Waals surface area contributed by atoms with Gasteiger partial charge in [0.15, 0.2) is 22.5 Å². The van der Waals surface area contributed by atoms with E-state index in [9.17, 15) is 9.18 Å². The number of ether oxygens (including phenoxy) is 1. The normalized spacial score (nSPS) is 13.8. The first-order valence-corrected chi connectivity index (χ1v) is 12.4. The molecule has 0 fully saturated rings. The Hall–Kier alpha value is -3.65. The fraction of sp³-hybridized carbons (Fsp3) is 0.222. The molecule has 178 valence electrons. The molecule has 1 aliphatic rings. The number of carbonyl (C=O) groups excluding carboxylic acids is 1. The molecule has 0 radical (unpaired) electrons. The predicted molar refractivity (Wildman–Crippen MR) is 135 cm³/mol. The zero-order valence-electron chi connectivity index (χ0n) is 19.3. The van der Waals surface area contributed by atoms with Crippen LogP contribution in [0.4, 0.5) is 10.1 Å². The summed E-state index contributed by atoms with van der Waals surface area (Å²) < 4.78 is 21.6. The van der Waals surface area contributed by atoms with E-state index in [1.807, 2.05) is 64.9 Å². The maximum Gasteiger partial charge on any atom is 0.240 e. The summed E-state index contributed by atoms with van der Waals surface area (Å²) >= 11 is 1.36. The van der Waals surface area contributed by atoms with Crippen LogP contribution in [-0.4, -0.2) is 32.5 Å². The van der Waals surface area contributed by atoms with Gasteiger partial charge in [-0.2, -0.15) is 0 Å². The molecule has 35 heavy (non-hydrogen) atoms. The molecule has 0 saturated heterocycles. The lowest BCUT2D eigenvalue weighted by atomic mass is 10.0. The van der Waals surface area contributed by atoms with Gasteiger partial charge in [0, 0.05) is 17.9 Å². The number of para-hydroxylation sites is 3. The van der Waals surface area contributed by atoms with Gasteiger partial charge in [-0.05, 0) is 55.7 Å². The van der Waals surface area contributed by atoms with Crippen molar-refractivity contribution in [2.45, 2.75) is 36.8 Å². The molecule has 0 N–H and O–H groups in total. The van der Waals surface area contributed by atoms with Crippen LogP contribution >= 0.6 is 11.8 Å². The van der Waals surface area contributed by atoms with Gasteiger partial charge in [0.25, 0.3) is 0 Å². The van der Waals surface area contributed by atoms with Crippen LogP contribution in [0.15, 0.2) is 84.0 Å². The quantitative estimate of drug-likeness (QED) is 0.324. The lowest BCUT2D eigenvalue weighted by Gasteiger charge is -2.31. The Morgan fingerprint density at radius 2 is 1.77 bits per heavy atom. The summed E-state index contributed by atoms with van der Waals surface area (Å²) in [7, 11) is 0. The van der Waals surface area contributed by atoms with Crippen molar-refractivity contribution >= 4 is 23.4 Å². The van der Waals surface area contributed by atoms with Crippen molar-refractivity contribution in [3.05, 3.63) is 96.1 Å². The molecular weight excluding hydrogens is 463 g/mol. The lowest BCUT2D eigenvalue weighted by Crippen LogP contribution is -2.40. The van der Waals surface area contributed by atoms with E-state index in [0.717, 1.165) is 24.2 Å². The number of thioether (sulfide) groups is 1. The predicted octanol–water partition coefficient (Wildman–Crippen LogP) is 5.45. The highest BCUT2D eigenvalue weighted by atomic mass is 32.2. The maximum atomic E-state index is 14.1. The number of carbonyl (C=O) groups is 1. The summed E-state index contributed by atoms with van der Waals surface area (Å²) in [4.78, 5) is 15.3. The number of fused-ring (bicyclic) bond motifs is 1. The minimum atomic E-state index is -0.436. The molecule has 3 aromatic carbocycles. The van der Waals surface area contributed by atoms with Crippen LogP contribution in [0.3, 0.4) is 0 Å². The Kier molecular flexibility index (Phi) is 6.81. The van der Waals surface area contributed by atoms with Gasteiger partial charge in [0.05, 0.1) is 5.25 Å². The molecule has 1 aliphatic heterocycles. The van der Waals surface area contributed by atoms with Crippen molar-refractivity contribution in [3.8, 4) is 11.4 Å².